The van der Waals surface area contributed by atoms with Crippen molar-refractivity contribution in [1.82, 2.24) is 9.97 Å². The van der Waals surface area contributed by atoms with Crippen LogP contribution in [0.1, 0.15) is 65.2 Å². The molecule has 11 rings (SSSR count). The van der Waals surface area contributed by atoms with Gasteiger partial charge in [0.05, 0.1) is 11.5 Å². The van der Waals surface area contributed by atoms with Crippen molar-refractivity contribution in [2.75, 3.05) is 0 Å². The summed E-state index contributed by atoms with van der Waals surface area (Å²) in [6.07, 6.45) is 6.30. The Labute approximate surface area is 517 Å². The van der Waals surface area contributed by atoms with Gasteiger partial charge in [0.2, 0.25) is 0 Å². The van der Waals surface area contributed by atoms with Crippen molar-refractivity contribution in [3.05, 3.63) is 253 Å². The van der Waals surface area contributed by atoms with E-state index in [2.05, 4.69) is 211 Å². The van der Waals surface area contributed by atoms with Gasteiger partial charge in [0.1, 0.15) is 0 Å². The number of fused-ring (bicyclic) bond motifs is 2. The third-order valence-electron chi connectivity index (χ3n) is 13.0. The second kappa shape index (κ2) is 29.5. The molecule has 82 heavy (non-hydrogen) atoms. The largest absolute Gasteiger partial charge is 0.512 e. The molecular weight excluding hydrogens is 1410 g/mol. The molecule has 11 aromatic rings. The molecule has 0 fully saturated rings. The van der Waals surface area contributed by atoms with Gasteiger partial charge in [-0.2, -0.15) is 0 Å². The van der Waals surface area contributed by atoms with E-state index in [1.165, 1.54) is 131 Å². The monoisotopic (exact) mass is 1470 g/mol. The van der Waals surface area contributed by atoms with E-state index in [9.17, 15) is 9.59 Å². The summed E-state index contributed by atoms with van der Waals surface area (Å²) in [5.74, 6) is -0.125. The number of allylic oxidation sites excluding steroid dienone is 4. The first kappa shape index (κ1) is 63.7. The predicted octanol–water partition coefficient (Wildman–Crippen LogP) is 19.8. The van der Waals surface area contributed by atoms with Gasteiger partial charge in [-0.1, -0.05) is 160 Å². The molecule has 0 bridgehead atoms. The Bertz CT molecular complexity index is 3930. The Kier molecular flexibility index (Phi) is 22.9. The van der Waals surface area contributed by atoms with E-state index in [0.717, 1.165) is 22.5 Å². The molecule has 0 atom stereocenters. The molecule has 4 heterocycles. The number of benzene rings is 7. The number of aliphatic hydroxyl groups is 2. The number of thiophene rings is 2. The van der Waals surface area contributed by atoms with E-state index in [-0.39, 0.29) is 68.7 Å². The number of carbonyl (C=O) groups excluding carboxylic acids is 2. The molecule has 418 valence electrons. The summed E-state index contributed by atoms with van der Waals surface area (Å²) >= 11 is 3.63. The van der Waals surface area contributed by atoms with Crippen LogP contribution in [0.4, 0.5) is 0 Å². The number of hydrogen-bond donors (Lipinski definition) is 2. The zero-order valence-corrected chi connectivity index (χ0v) is 53.7. The van der Waals surface area contributed by atoms with Crippen LogP contribution in [0.2, 0.25) is 0 Å². The van der Waals surface area contributed by atoms with Crippen molar-refractivity contribution >= 4 is 54.4 Å². The van der Waals surface area contributed by atoms with Crippen molar-refractivity contribution in [2.45, 2.75) is 67.7 Å². The number of hydrogen-bond acceptors (Lipinski definition) is 8. The zero-order valence-electron chi connectivity index (χ0n) is 47.3. The van der Waals surface area contributed by atoms with Gasteiger partial charge in [-0.25, -0.2) is 0 Å². The molecule has 0 aliphatic heterocycles. The number of aryl methyl sites for hydroxylation is 2. The Hall–Kier alpha value is -7.52. The maximum absolute atomic E-state index is 10.0. The molecule has 0 aliphatic rings. The Balaban J connectivity index is 0.000000211. The first-order chi connectivity index (χ1) is 38.4. The SMILES string of the molecule is CC(=O)C=C(C)O.CC(=O)C=C(C)O.CC(C)(C)c1ccc(-c2cc3cnc(-c4[c-]ccc(-c5ccccc5)c4)cc3s2)cc1.Cc1cccc(C)c1-c1ccc(-c2cc3cnc(-c4[c-]ccc(-c5ccccc5)c4)cc3s2)cc1.[Ir].[Ir]. The molecule has 10 heteroatoms. The minimum atomic E-state index is -0.125. The minimum Gasteiger partial charge on any atom is -0.512 e. The van der Waals surface area contributed by atoms with E-state index >= 15 is 0 Å². The second-order valence-electron chi connectivity index (χ2n) is 20.6. The zero-order chi connectivity index (χ0) is 56.9. The van der Waals surface area contributed by atoms with Crippen molar-refractivity contribution in [3.63, 3.8) is 0 Å². The van der Waals surface area contributed by atoms with Crippen LogP contribution in [0.25, 0.3) is 96.9 Å². The molecule has 0 saturated heterocycles. The summed E-state index contributed by atoms with van der Waals surface area (Å²) in [7, 11) is 0. The van der Waals surface area contributed by atoms with E-state index in [1.807, 2.05) is 59.3 Å². The van der Waals surface area contributed by atoms with E-state index in [1.54, 1.807) is 0 Å². The van der Waals surface area contributed by atoms with Gasteiger partial charge < -0.3 is 20.2 Å². The number of carbonyl (C=O) groups is 2. The number of aliphatic hydroxyl groups excluding tert-OH is 2. The van der Waals surface area contributed by atoms with Crippen LogP contribution < -0.4 is 0 Å². The fraction of sp³-hybridized carbons (Fsp3) is 0.139. The summed E-state index contributed by atoms with van der Waals surface area (Å²) in [6, 6.07) is 73.4. The average molecular weight is 1470 g/mol. The predicted molar refractivity (Wildman–Crippen MR) is 337 cm³/mol. The summed E-state index contributed by atoms with van der Waals surface area (Å²) in [5.41, 5.74) is 18.0. The van der Waals surface area contributed by atoms with Gasteiger partial charge in [-0.3, -0.25) is 9.59 Å². The van der Waals surface area contributed by atoms with Crippen LogP contribution in [0, 0.1) is 26.0 Å². The molecule has 0 spiro atoms. The topological polar surface area (TPSA) is 100 Å². The molecule has 6 nitrogen and oxygen atoms in total. The van der Waals surface area contributed by atoms with Crippen molar-refractivity contribution in [1.29, 1.82) is 0 Å². The van der Waals surface area contributed by atoms with Crippen LogP contribution in [-0.2, 0) is 55.2 Å². The van der Waals surface area contributed by atoms with Crippen molar-refractivity contribution in [3.8, 4) is 76.8 Å². The van der Waals surface area contributed by atoms with E-state index in [4.69, 9.17) is 20.2 Å². The third kappa shape index (κ3) is 17.3. The Morgan fingerprint density at radius 2 is 0.854 bits per heavy atom. The Morgan fingerprint density at radius 3 is 1.22 bits per heavy atom. The first-order valence-electron chi connectivity index (χ1n) is 26.4. The van der Waals surface area contributed by atoms with Gasteiger partial charge in [0.15, 0.2) is 11.6 Å². The van der Waals surface area contributed by atoms with Crippen LogP contribution in [0.3, 0.4) is 0 Å². The number of rotatable bonds is 9. The number of ketones is 2. The minimum absolute atomic E-state index is 0. The summed E-state index contributed by atoms with van der Waals surface area (Å²) in [4.78, 5) is 32.1. The van der Waals surface area contributed by atoms with Crippen molar-refractivity contribution in [2.24, 2.45) is 0 Å². The standard InChI is InChI=1S/C33H24NS.C29H24NS.2C5H8O2.2Ir/c1-22-8-6-9-23(2)33(22)26-16-14-25(15-17-26)31-19-29-21-34-30(20-32(29)35-31)28-13-7-12-27(18-28)24-10-4-3-5-11-24;1-29(2,3)25-14-12-21(13-15-25)27-17-24-19-30-26(18-28(24)31-27)23-11-7-10-22(16-23)20-8-5-4-6-9-20;2*1-4(6)3-5(2)7;;/h3-12,14-21H,1-2H3;4-10,12-19H,1-3H3;2*3,6H,1-2H3;;/q2*-1;;;;. The van der Waals surface area contributed by atoms with Gasteiger partial charge in [-0.05, 0) is 121 Å². The molecular formula is C72H64Ir2N2O4S2-2. The molecule has 0 saturated carbocycles. The normalized spacial score (nSPS) is 11.1. The molecule has 0 amide bonds. The third-order valence-corrected chi connectivity index (χ3v) is 15.3. The maximum atomic E-state index is 10.0. The fourth-order valence-electron chi connectivity index (χ4n) is 9.09. The second-order valence-corrected chi connectivity index (χ2v) is 22.8. The fourth-order valence-corrected chi connectivity index (χ4v) is 11.2. The maximum Gasteiger partial charge on any atom is 0.155 e. The van der Waals surface area contributed by atoms with Gasteiger partial charge in [0.25, 0.3) is 0 Å². The first-order valence-corrected chi connectivity index (χ1v) is 28.0. The quantitative estimate of drug-likeness (QED) is 0.0848. The smallest absolute Gasteiger partial charge is 0.155 e. The van der Waals surface area contributed by atoms with Crippen molar-refractivity contribution < 1.29 is 60.0 Å². The Morgan fingerprint density at radius 1 is 0.463 bits per heavy atom. The summed E-state index contributed by atoms with van der Waals surface area (Å²) in [5, 5.41) is 19.1. The summed E-state index contributed by atoms with van der Waals surface area (Å²) < 4.78 is 2.49. The van der Waals surface area contributed by atoms with Crippen LogP contribution >= 0.6 is 22.7 Å². The number of nitrogens with zero attached hydrogens (tertiary/aromatic N) is 2. The molecule has 2 radical (unpaired) electrons. The molecule has 7 aromatic carbocycles. The molecule has 0 unspecified atom stereocenters. The average Bonchev–Trinajstić information content (AvgIpc) is 4.14. The number of pyridine rings is 2. The van der Waals surface area contributed by atoms with Crippen LogP contribution in [0.15, 0.2) is 224 Å². The van der Waals surface area contributed by atoms with Crippen LogP contribution in [0.5, 0.6) is 0 Å². The van der Waals surface area contributed by atoms with Gasteiger partial charge in [0, 0.05) is 94.7 Å². The number of aromatic nitrogens is 2. The van der Waals surface area contributed by atoms with Crippen LogP contribution in [-0.4, -0.2) is 31.7 Å². The molecule has 0 aliphatic carbocycles. The molecule has 4 aromatic heterocycles. The van der Waals surface area contributed by atoms with E-state index in [0.29, 0.717) is 0 Å². The van der Waals surface area contributed by atoms with Gasteiger partial charge in [-0.15, -0.1) is 93.5 Å². The van der Waals surface area contributed by atoms with E-state index < -0.39 is 0 Å². The summed E-state index contributed by atoms with van der Waals surface area (Å²) in [6.45, 7) is 16.8. The molecule has 2 N–H and O–H groups in total. The van der Waals surface area contributed by atoms with Gasteiger partial charge >= 0.3 is 0 Å².